The Bertz CT molecular complexity index is 1140. The van der Waals surface area contributed by atoms with Crippen LogP contribution in [0.3, 0.4) is 0 Å². The van der Waals surface area contributed by atoms with Crippen molar-refractivity contribution in [1.82, 2.24) is 24.6 Å². The number of hydrogen-bond donors (Lipinski definition) is 0. The van der Waals surface area contributed by atoms with Gasteiger partial charge in [0.15, 0.2) is 17.3 Å². The maximum Gasteiger partial charge on any atom is 0.416 e. The molecular formula is C23H27F4N5OS. The standard InChI is InChI=1S/C23H27F4N5OS/c1-4-22(17-12-16(23(25,26)27)6-7-18(17)24)8-10-32(13-22)9-5-11-34-21-30-29-20(31(21)3)19-15(2)28-14-33-19/h6-7,12,14H,4-5,8-11,13H2,1-3H3/t22-/m1/s1. The molecule has 0 aliphatic carbocycles. The van der Waals surface area contributed by atoms with Crippen LogP contribution in [0.1, 0.15) is 43.0 Å². The van der Waals surface area contributed by atoms with E-state index in [4.69, 9.17) is 4.42 Å². The van der Waals surface area contributed by atoms with E-state index < -0.39 is 23.0 Å². The average Bonchev–Trinajstić information content (AvgIpc) is 3.50. The molecule has 0 saturated carbocycles. The minimum Gasteiger partial charge on any atom is -0.440 e. The number of hydrogen-bond acceptors (Lipinski definition) is 6. The summed E-state index contributed by atoms with van der Waals surface area (Å²) < 4.78 is 61.5. The summed E-state index contributed by atoms with van der Waals surface area (Å²) in [4.78, 5) is 6.30. The zero-order valence-electron chi connectivity index (χ0n) is 19.3. The molecule has 6 nitrogen and oxygen atoms in total. The molecule has 1 fully saturated rings. The third-order valence-corrected chi connectivity index (χ3v) is 7.71. The molecule has 0 radical (unpaired) electrons. The fourth-order valence-electron chi connectivity index (χ4n) is 4.56. The first kappa shape index (κ1) is 24.7. The van der Waals surface area contributed by atoms with Crippen LogP contribution in [0.25, 0.3) is 11.6 Å². The second-order valence-electron chi connectivity index (χ2n) is 8.69. The minimum atomic E-state index is -4.49. The average molecular weight is 498 g/mol. The molecule has 1 atom stereocenters. The maximum absolute atomic E-state index is 14.6. The third-order valence-electron chi connectivity index (χ3n) is 6.61. The van der Waals surface area contributed by atoms with Crippen molar-refractivity contribution in [3.63, 3.8) is 0 Å². The number of oxazole rings is 1. The molecule has 0 spiro atoms. The van der Waals surface area contributed by atoms with Gasteiger partial charge in [0.2, 0.25) is 5.82 Å². The lowest BCUT2D eigenvalue weighted by atomic mass is 9.76. The SMILES string of the molecule is CC[C@@]1(c2cc(C(F)(F)F)ccc2F)CCN(CCCSc2nnc(-c3ocnc3C)n2C)C1. The van der Waals surface area contributed by atoms with Crippen molar-refractivity contribution in [2.45, 2.75) is 49.9 Å². The first-order chi connectivity index (χ1) is 16.1. The predicted octanol–water partition coefficient (Wildman–Crippen LogP) is 5.47. The van der Waals surface area contributed by atoms with E-state index in [2.05, 4.69) is 20.1 Å². The lowest BCUT2D eigenvalue weighted by Crippen LogP contribution is -2.32. The molecule has 1 aliphatic rings. The molecule has 34 heavy (non-hydrogen) atoms. The monoisotopic (exact) mass is 497 g/mol. The zero-order chi connectivity index (χ0) is 24.5. The van der Waals surface area contributed by atoms with Crippen LogP contribution in [0.4, 0.5) is 17.6 Å². The highest BCUT2D eigenvalue weighted by atomic mass is 32.2. The van der Waals surface area contributed by atoms with E-state index in [9.17, 15) is 17.6 Å². The number of alkyl halides is 3. The van der Waals surface area contributed by atoms with Crippen molar-refractivity contribution >= 4 is 11.8 Å². The van der Waals surface area contributed by atoms with Gasteiger partial charge in [0.25, 0.3) is 0 Å². The van der Waals surface area contributed by atoms with Gasteiger partial charge in [-0.2, -0.15) is 13.2 Å². The van der Waals surface area contributed by atoms with Crippen molar-refractivity contribution < 1.29 is 22.0 Å². The van der Waals surface area contributed by atoms with Gasteiger partial charge >= 0.3 is 6.18 Å². The number of thioether (sulfide) groups is 1. The van der Waals surface area contributed by atoms with E-state index in [1.54, 1.807) is 11.8 Å². The van der Waals surface area contributed by atoms with Crippen LogP contribution in [0.5, 0.6) is 0 Å². The van der Waals surface area contributed by atoms with Gasteiger partial charge in [-0.3, -0.25) is 0 Å². The highest BCUT2D eigenvalue weighted by Gasteiger charge is 2.41. The Kier molecular flexibility index (Phi) is 7.04. The van der Waals surface area contributed by atoms with Gasteiger partial charge < -0.3 is 13.9 Å². The molecule has 2 aromatic heterocycles. The first-order valence-electron chi connectivity index (χ1n) is 11.2. The normalized spacial score (nSPS) is 19.3. The summed E-state index contributed by atoms with van der Waals surface area (Å²) in [6.07, 6.45) is -1.03. The van der Waals surface area contributed by atoms with E-state index in [-0.39, 0.29) is 5.56 Å². The molecule has 1 saturated heterocycles. The number of halogens is 4. The minimum absolute atomic E-state index is 0.177. The van der Waals surface area contributed by atoms with E-state index in [1.165, 1.54) is 6.39 Å². The Morgan fingerprint density at radius 3 is 2.71 bits per heavy atom. The van der Waals surface area contributed by atoms with Crippen LogP contribution in [0.15, 0.2) is 34.2 Å². The van der Waals surface area contributed by atoms with Crippen molar-refractivity contribution in [2.24, 2.45) is 7.05 Å². The van der Waals surface area contributed by atoms with Crippen molar-refractivity contribution in [3.05, 3.63) is 47.2 Å². The van der Waals surface area contributed by atoms with Crippen LogP contribution in [-0.2, 0) is 18.6 Å². The molecule has 3 heterocycles. The number of rotatable bonds is 8. The first-order valence-corrected chi connectivity index (χ1v) is 12.2. The fourth-order valence-corrected chi connectivity index (χ4v) is 5.40. The highest BCUT2D eigenvalue weighted by molar-refractivity contribution is 7.99. The van der Waals surface area contributed by atoms with Gasteiger partial charge in [-0.25, -0.2) is 9.37 Å². The number of likely N-dealkylation sites (tertiary alicyclic amines) is 1. The van der Waals surface area contributed by atoms with Gasteiger partial charge in [0.05, 0.1) is 11.3 Å². The largest absolute Gasteiger partial charge is 0.440 e. The van der Waals surface area contributed by atoms with Crippen molar-refractivity contribution in [1.29, 1.82) is 0 Å². The zero-order valence-corrected chi connectivity index (χ0v) is 20.1. The Labute approximate surface area is 199 Å². The summed E-state index contributed by atoms with van der Waals surface area (Å²) in [5.74, 6) is 1.45. The Balaban J connectivity index is 1.35. The van der Waals surface area contributed by atoms with E-state index >= 15 is 0 Å². The quantitative estimate of drug-likeness (QED) is 0.234. The van der Waals surface area contributed by atoms with Gasteiger partial charge in [0.1, 0.15) is 5.82 Å². The molecule has 1 aliphatic heterocycles. The van der Waals surface area contributed by atoms with Crippen molar-refractivity contribution in [2.75, 3.05) is 25.4 Å². The van der Waals surface area contributed by atoms with Gasteiger partial charge in [-0.05, 0) is 63.0 Å². The summed E-state index contributed by atoms with van der Waals surface area (Å²) in [6, 6.07) is 2.76. The number of aryl methyl sites for hydroxylation is 1. The smallest absolute Gasteiger partial charge is 0.416 e. The second kappa shape index (κ2) is 9.69. The molecule has 0 bridgehead atoms. The van der Waals surface area contributed by atoms with Gasteiger partial charge in [-0.15, -0.1) is 10.2 Å². The third kappa shape index (κ3) is 4.86. The molecule has 184 valence electrons. The summed E-state index contributed by atoms with van der Waals surface area (Å²) in [5, 5.41) is 9.21. The second-order valence-corrected chi connectivity index (χ2v) is 9.75. The molecule has 1 aromatic carbocycles. The molecule has 0 unspecified atom stereocenters. The Hall–Kier alpha value is -2.40. The Morgan fingerprint density at radius 1 is 1.24 bits per heavy atom. The topological polar surface area (TPSA) is 60.0 Å². The van der Waals surface area contributed by atoms with Crippen LogP contribution in [0.2, 0.25) is 0 Å². The van der Waals surface area contributed by atoms with Crippen LogP contribution >= 0.6 is 11.8 Å². The summed E-state index contributed by atoms with van der Waals surface area (Å²) in [6.45, 7) is 5.82. The number of nitrogens with zero attached hydrogens (tertiary/aromatic N) is 5. The summed E-state index contributed by atoms with van der Waals surface area (Å²) in [7, 11) is 1.87. The molecular weight excluding hydrogens is 470 g/mol. The van der Waals surface area contributed by atoms with E-state index in [1.807, 2.05) is 25.5 Å². The number of benzene rings is 1. The molecule has 0 amide bonds. The fraction of sp³-hybridized carbons (Fsp3) is 0.522. The lowest BCUT2D eigenvalue weighted by molar-refractivity contribution is -0.137. The van der Waals surface area contributed by atoms with E-state index in [0.29, 0.717) is 31.0 Å². The Morgan fingerprint density at radius 2 is 2.03 bits per heavy atom. The van der Waals surface area contributed by atoms with Crippen LogP contribution in [-0.4, -0.2) is 50.0 Å². The summed E-state index contributed by atoms with van der Waals surface area (Å²) >= 11 is 1.58. The molecule has 3 aromatic rings. The van der Waals surface area contributed by atoms with Crippen molar-refractivity contribution in [3.8, 4) is 11.6 Å². The van der Waals surface area contributed by atoms with Crippen LogP contribution < -0.4 is 0 Å². The number of aromatic nitrogens is 4. The molecule has 0 N–H and O–H groups in total. The predicted molar refractivity (Wildman–Crippen MR) is 121 cm³/mol. The van der Waals surface area contributed by atoms with Gasteiger partial charge in [0, 0.05) is 24.8 Å². The van der Waals surface area contributed by atoms with Crippen LogP contribution in [0, 0.1) is 12.7 Å². The molecule has 11 heteroatoms. The van der Waals surface area contributed by atoms with Gasteiger partial charge in [-0.1, -0.05) is 18.7 Å². The highest BCUT2D eigenvalue weighted by Crippen LogP contribution is 2.41. The lowest BCUT2D eigenvalue weighted by Gasteiger charge is -2.30. The van der Waals surface area contributed by atoms with E-state index in [0.717, 1.165) is 54.3 Å². The molecule has 4 rings (SSSR count). The summed E-state index contributed by atoms with van der Waals surface area (Å²) in [5.41, 5.74) is -0.477. The maximum atomic E-state index is 14.6.